The van der Waals surface area contributed by atoms with Crippen LogP contribution in [0.2, 0.25) is 0 Å². The van der Waals surface area contributed by atoms with E-state index in [-0.39, 0.29) is 0 Å². The zero-order valence-corrected chi connectivity index (χ0v) is 9.79. The summed E-state index contributed by atoms with van der Waals surface area (Å²) in [5.41, 5.74) is 1.44. The molecule has 0 amide bonds. The number of halogens is 3. The van der Waals surface area contributed by atoms with Crippen LogP contribution in [0.15, 0.2) is 33.9 Å². The largest absolute Gasteiger partial charge is 0.431 e. The summed E-state index contributed by atoms with van der Waals surface area (Å²) < 4.78 is 3.90. The van der Waals surface area contributed by atoms with Crippen molar-refractivity contribution in [3.05, 3.63) is 24.3 Å². The number of nitrogens with zero attached hydrogens (tertiary/aromatic N) is 1. The van der Waals surface area contributed by atoms with E-state index < -0.39 is 3.12 Å². The lowest BCUT2D eigenvalue weighted by atomic mass is 10.3. The van der Waals surface area contributed by atoms with Gasteiger partial charge in [0.2, 0.25) is 3.12 Å². The van der Waals surface area contributed by atoms with E-state index in [1.807, 2.05) is 24.3 Å². The standard InChI is InChI=1S/C8H4Cl3NOS/c9-8(10,11)14-7-12-5-3-1-2-4-6(5)13-7/h1-4H. The van der Waals surface area contributed by atoms with E-state index in [0.29, 0.717) is 10.8 Å². The van der Waals surface area contributed by atoms with Crippen molar-refractivity contribution in [2.45, 2.75) is 8.35 Å². The van der Waals surface area contributed by atoms with Gasteiger partial charge in [-0.05, 0) is 23.9 Å². The van der Waals surface area contributed by atoms with E-state index in [1.54, 1.807) is 0 Å². The molecule has 0 bridgehead atoms. The Balaban J connectivity index is 2.36. The minimum atomic E-state index is -1.44. The Hall–Kier alpha value is -0.0900. The van der Waals surface area contributed by atoms with Gasteiger partial charge in [-0.15, -0.1) is 0 Å². The molecule has 1 aromatic heterocycles. The molecule has 0 aliphatic heterocycles. The van der Waals surface area contributed by atoms with Crippen LogP contribution in [-0.4, -0.2) is 8.11 Å². The Morgan fingerprint density at radius 2 is 1.93 bits per heavy atom. The lowest BCUT2D eigenvalue weighted by molar-refractivity contribution is 0.489. The first-order chi connectivity index (χ1) is 6.54. The van der Waals surface area contributed by atoms with Gasteiger partial charge in [0.15, 0.2) is 5.58 Å². The highest BCUT2D eigenvalue weighted by Gasteiger charge is 2.24. The van der Waals surface area contributed by atoms with Gasteiger partial charge in [-0.1, -0.05) is 46.9 Å². The minimum absolute atomic E-state index is 0.353. The van der Waals surface area contributed by atoms with Crippen LogP contribution in [-0.2, 0) is 0 Å². The molecule has 0 aliphatic carbocycles. The summed E-state index contributed by atoms with van der Waals surface area (Å²) in [4.78, 5) is 4.14. The van der Waals surface area contributed by atoms with Crippen LogP contribution in [0.1, 0.15) is 0 Å². The number of thioether (sulfide) groups is 1. The van der Waals surface area contributed by atoms with E-state index in [2.05, 4.69) is 4.98 Å². The second-order valence-electron chi connectivity index (χ2n) is 2.50. The van der Waals surface area contributed by atoms with Crippen molar-refractivity contribution < 1.29 is 4.42 Å². The van der Waals surface area contributed by atoms with Gasteiger partial charge in [0.05, 0.1) is 0 Å². The lowest BCUT2D eigenvalue weighted by Crippen LogP contribution is -1.92. The molecule has 1 aromatic carbocycles. The molecule has 0 fully saturated rings. The summed E-state index contributed by atoms with van der Waals surface area (Å²) in [6.45, 7) is 0. The Kier molecular flexibility index (Phi) is 2.84. The summed E-state index contributed by atoms with van der Waals surface area (Å²) in [5.74, 6) is 0. The lowest BCUT2D eigenvalue weighted by Gasteiger charge is -2.04. The SMILES string of the molecule is ClC(Cl)(Cl)Sc1nc2ccccc2o1. The Morgan fingerprint density at radius 1 is 1.21 bits per heavy atom. The molecular formula is C8H4Cl3NOS. The highest BCUT2D eigenvalue weighted by atomic mass is 35.6. The summed E-state index contributed by atoms with van der Waals surface area (Å²) in [6.07, 6.45) is 0. The summed E-state index contributed by atoms with van der Waals surface area (Å²) in [5, 5.41) is 0.353. The smallest absolute Gasteiger partial charge is 0.260 e. The van der Waals surface area contributed by atoms with E-state index in [9.17, 15) is 0 Å². The van der Waals surface area contributed by atoms with E-state index in [1.165, 1.54) is 0 Å². The first-order valence-corrected chi connectivity index (χ1v) is 5.61. The topological polar surface area (TPSA) is 26.0 Å². The number of alkyl halides is 3. The number of fused-ring (bicyclic) bond motifs is 1. The van der Waals surface area contributed by atoms with Crippen LogP contribution in [0.5, 0.6) is 0 Å². The molecule has 2 nitrogen and oxygen atoms in total. The average molecular weight is 269 g/mol. The van der Waals surface area contributed by atoms with Crippen LogP contribution < -0.4 is 0 Å². The van der Waals surface area contributed by atoms with Crippen molar-refractivity contribution in [1.82, 2.24) is 4.98 Å². The maximum Gasteiger partial charge on any atom is 0.260 e. The first-order valence-electron chi connectivity index (χ1n) is 3.66. The molecule has 0 radical (unpaired) electrons. The molecule has 1 heterocycles. The first kappa shape index (κ1) is 10.4. The Bertz CT molecular complexity index is 418. The zero-order valence-electron chi connectivity index (χ0n) is 6.71. The number of rotatable bonds is 1. The van der Waals surface area contributed by atoms with Gasteiger partial charge in [0, 0.05) is 0 Å². The van der Waals surface area contributed by atoms with Crippen molar-refractivity contribution in [3.8, 4) is 0 Å². The van der Waals surface area contributed by atoms with Crippen LogP contribution in [0, 0.1) is 0 Å². The number of hydrogen-bond acceptors (Lipinski definition) is 3. The van der Waals surface area contributed by atoms with Gasteiger partial charge in [0.25, 0.3) is 5.22 Å². The van der Waals surface area contributed by atoms with Gasteiger partial charge in [-0.3, -0.25) is 0 Å². The van der Waals surface area contributed by atoms with Crippen LogP contribution >= 0.6 is 46.6 Å². The molecule has 14 heavy (non-hydrogen) atoms. The fourth-order valence-electron chi connectivity index (χ4n) is 0.994. The average Bonchev–Trinajstić information content (AvgIpc) is 2.42. The van der Waals surface area contributed by atoms with Crippen LogP contribution in [0.3, 0.4) is 0 Å². The van der Waals surface area contributed by atoms with Crippen molar-refractivity contribution >= 4 is 57.7 Å². The molecule has 0 saturated carbocycles. The molecule has 0 aliphatic rings. The molecule has 2 aromatic rings. The van der Waals surface area contributed by atoms with E-state index in [0.717, 1.165) is 17.3 Å². The monoisotopic (exact) mass is 267 g/mol. The zero-order chi connectivity index (χ0) is 10.2. The molecule has 0 N–H and O–H groups in total. The number of oxazole rings is 1. The molecule has 0 spiro atoms. The third-order valence-corrected chi connectivity index (χ3v) is 2.75. The van der Waals surface area contributed by atoms with Gasteiger partial charge in [-0.2, -0.15) is 0 Å². The molecule has 6 heteroatoms. The summed E-state index contributed by atoms with van der Waals surface area (Å²) in [6, 6.07) is 7.37. The van der Waals surface area contributed by atoms with E-state index >= 15 is 0 Å². The van der Waals surface area contributed by atoms with Crippen molar-refractivity contribution in [2.75, 3.05) is 0 Å². The maximum atomic E-state index is 5.59. The second kappa shape index (κ2) is 3.81. The van der Waals surface area contributed by atoms with Gasteiger partial charge in [0.1, 0.15) is 5.52 Å². The highest BCUT2D eigenvalue weighted by Crippen LogP contribution is 2.43. The molecular weight excluding hydrogens is 265 g/mol. The van der Waals surface area contributed by atoms with Crippen molar-refractivity contribution in [1.29, 1.82) is 0 Å². The predicted molar refractivity (Wildman–Crippen MR) is 60.2 cm³/mol. The second-order valence-corrected chi connectivity index (χ2v) is 6.61. The number of aromatic nitrogens is 1. The number of benzene rings is 1. The fourth-order valence-corrected chi connectivity index (χ4v) is 2.06. The summed E-state index contributed by atoms with van der Waals surface area (Å²) in [7, 11) is 0. The normalized spacial score (nSPS) is 12.2. The molecule has 0 saturated heterocycles. The van der Waals surface area contributed by atoms with E-state index in [4.69, 9.17) is 39.2 Å². The van der Waals surface area contributed by atoms with Gasteiger partial charge >= 0.3 is 0 Å². The molecule has 0 atom stereocenters. The predicted octanol–water partition coefficient (Wildman–Crippen LogP) is 4.25. The van der Waals surface area contributed by atoms with Gasteiger partial charge < -0.3 is 4.42 Å². The van der Waals surface area contributed by atoms with Crippen LogP contribution in [0.4, 0.5) is 0 Å². The Labute approximate surface area is 99.5 Å². The van der Waals surface area contributed by atoms with Crippen LogP contribution in [0.25, 0.3) is 11.1 Å². The molecule has 0 unspecified atom stereocenters. The fraction of sp³-hybridized carbons (Fsp3) is 0.125. The number of hydrogen-bond donors (Lipinski definition) is 0. The highest BCUT2D eigenvalue weighted by molar-refractivity contribution is 8.04. The molecule has 74 valence electrons. The third kappa shape index (κ3) is 2.48. The van der Waals surface area contributed by atoms with Gasteiger partial charge in [-0.25, -0.2) is 4.98 Å². The maximum absolute atomic E-state index is 5.59. The summed E-state index contributed by atoms with van der Waals surface area (Å²) >= 11 is 17.7. The quantitative estimate of drug-likeness (QED) is 0.571. The van der Waals surface area contributed by atoms with Crippen molar-refractivity contribution in [3.63, 3.8) is 0 Å². The minimum Gasteiger partial charge on any atom is -0.431 e. The Morgan fingerprint density at radius 3 is 2.57 bits per heavy atom. The van der Waals surface area contributed by atoms with Crippen molar-refractivity contribution in [2.24, 2.45) is 0 Å². The number of para-hydroxylation sites is 2. The molecule has 2 rings (SSSR count). The third-order valence-electron chi connectivity index (χ3n) is 1.48.